The van der Waals surface area contributed by atoms with Gasteiger partial charge in [-0.15, -0.1) is 11.3 Å². The predicted molar refractivity (Wildman–Crippen MR) is 93.6 cm³/mol. The van der Waals surface area contributed by atoms with Crippen molar-refractivity contribution in [3.63, 3.8) is 0 Å². The summed E-state index contributed by atoms with van der Waals surface area (Å²) in [5.41, 5.74) is 1.79. The van der Waals surface area contributed by atoms with Crippen LogP contribution in [0.25, 0.3) is 0 Å². The molecular weight excluding hydrogens is 290 g/mol. The second kappa shape index (κ2) is 14.7. The Labute approximate surface area is 135 Å². The van der Waals surface area contributed by atoms with Gasteiger partial charge in [-0.2, -0.15) is 5.10 Å². The Hall–Kier alpha value is -2.72. The number of nitrogens with zero attached hydrogens (tertiary/aromatic N) is 2. The molecule has 0 spiro atoms. The first-order chi connectivity index (χ1) is 11.0. The summed E-state index contributed by atoms with van der Waals surface area (Å²) in [6.45, 7) is 0. The zero-order valence-electron chi connectivity index (χ0n) is 12.2. The predicted octanol–water partition coefficient (Wildman–Crippen LogP) is 4.93. The smallest absolute Gasteiger partial charge is 0.0791 e. The van der Waals surface area contributed by atoms with Crippen molar-refractivity contribution in [3.05, 3.63) is 108 Å². The van der Waals surface area contributed by atoms with Gasteiger partial charge < -0.3 is 0 Å². The van der Waals surface area contributed by atoms with Crippen LogP contribution in [0.3, 0.4) is 0 Å². The highest BCUT2D eigenvalue weighted by atomic mass is 32.1. The van der Waals surface area contributed by atoms with Crippen molar-refractivity contribution in [2.45, 2.75) is 0 Å². The van der Waals surface area contributed by atoms with Crippen molar-refractivity contribution in [2.24, 2.45) is 0 Å². The third kappa shape index (κ3) is 12.3. The summed E-state index contributed by atoms with van der Waals surface area (Å²) in [4.78, 5) is 3.74. The number of rotatable bonds is 0. The highest BCUT2D eigenvalue weighted by Gasteiger charge is 1.60. The zero-order chi connectivity index (χ0) is 15.6. The van der Waals surface area contributed by atoms with Gasteiger partial charge in [-0.1, -0.05) is 72.8 Å². The van der Waals surface area contributed by atoms with E-state index in [0.29, 0.717) is 0 Å². The second-order valence-electron chi connectivity index (χ2n) is 3.75. The van der Waals surface area contributed by atoms with Crippen LogP contribution in [-0.4, -0.2) is 15.2 Å². The molecule has 4 heteroatoms. The van der Waals surface area contributed by atoms with Gasteiger partial charge in [0.05, 0.1) is 5.51 Å². The maximum absolute atomic E-state index is 3.74. The molecule has 112 valence electrons. The van der Waals surface area contributed by atoms with Crippen molar-refractivity contribution < 1.29 is 0 Å². The molecule has 3 nitrogen and oxygen atoms in total. The van der Waals surface area contributed by atoms with Crippen LogP contribution in [0.1, 0.15) is 0 Å². The lowest BCUT2D eigenvalue weighted by atomic mass is 10.4. The minimum Gasteiger partial charge on any atom is -0.286 e. The van der Waals surface area contributed by atoms with E-state index in [1.54, 1.807) is 35.4 Å². The number of thiazole rings is 1. The molecule has 0 unspecified atom stereocenters. The molecule has 2 heterocycles. The molecule has 0 aliphatic heterocycles. The fourth-order valence-electron chi connectivity index (χ4n) is 1.16. The van der Waals surface area contributed by atoms with E-state index in [0.717, 1.165) is 0 Å². The largest absolute Gasteiger partial charge is 0.286 e. The van der Waals surface area contributed by atoms with E-state index in [1.807, 2.05) is 84.2 Å². The molecular formula is C18H19N3S. The maximum Gasteiger partial charge on any atom is 0.0791 e. The van der Waals surface area contributed by atoms with Crippen LogP contribution < -0.4 is 0 Å². The molecule has 0 amide bonds. The van der Waals surface area contributed by atoms with Crippen LogP contribution in [0.5, 0.6) is 0 Å². The summed E-state index contributed by atoms with van der Waals surface area (Å²) >= 11 is 1.60. The lowest BCUT2D eigenvalue weighted by Gasteiger charge is -1.69. The van der Waals surface area contributed by atoms with Crippen LogP contribution in [0.4, 0.5) is 0 Å². The van der Waals surface area contributed by atoms with Crippen molar-refractivity contribution in [2.75, 3.05) is 0 Å². The summed E-state index contributed by atoms with van der Waals surface area (Å²) in [5.74, 6) is 0. The molecule has 4 aromatic rings. The van der Waals surface area contributed by atoms with Crippen LogP contribution in [-0.2, 0) is 0 Å². The molecule has 0 fully saturated rings. The molecule has 0 aliphatic rings. The third-order valence-corrected chi connectivity index (χ3v) is 2.61. The highest BCUT2D eigenvalue weighted by molar-refractivity contribution is 7.07. The molecule has 22 heavy (non-hydrogen) atoms. The van der Waals surface area contributed by atoms with Gasteiger partial charge in [-0.25, -0.2) is 0 Å². The Balaban J connectivity index is 0.000000147. The monoisotopic (exact) mass is 309 g/mol. The van der Waals surface area contributed by atoms with Crippen LogP contribution in [0, 0.1) is 0 Å². The summed E-state index contributed by atoms with van der Waals surface area (Å²) in [6.07, 6.45) is 5.23. The summed E-state index contributed by atoms with van der Waals surface area (Å²) in [6, 6.07) is 25.8. The van der Waals surface area contributed by atoms with E-state index in [2.05, 4.69) is 15.2 Å². The Morgan fingerprint density at radius 2 is 1.09 bits per heavy atom. The van der Waals surface area contributed by atoms with E-state index in [9.17, 15) is 0 Å². The Morgan fingerprint density at radius 3 is 1.23 bits per heavy atom. The first-order valence-corrected chi connectivity index (χ1v) is 7.70. The zero-order valence-corrected chi connectivity index (χ0v) is 13.0. The van der Waals surface area contributed by atoms with Crippen molar-refractivity contribution in [1.29, 1.82) is 0 Å². The average molecular weight is 309 g/mol. The molecule has 0 aliphatic carbocycles. The minimum atomic E-state index is 1.60. The van der Waals surface area contributed by atoms with Gasteiger partial charge in [0, 0.05) is 24.0 Å². The first-order valence-electron chi connectivity index (χ1n) is 6.76. The van der Waals surface area contributed by atoms with E-state index < -0.39 is 0 Å². The van der Waals surface area contributed by atoms with Crippen molar-refractivity contribution in [1.82, 2.24) is 15.2 Å². The Bertz CT molecular complexity index is 448. The lowest BCUT2D eigenvalue weighted by Crippen LogP contribution is -1.53. The summed E-state index contributed by atoms with van der Waals surface area (Å²) in [5, 5.41) is 8.14. The summed E-state index contributed by atoms with van der Waals surface area (Å²) in [7, 11) is 0. The number of benzene rings is 2. The number of nitrogens with one attached hydrogen (secondary N) is 1. The molecule has 0 saturated carbocycles. The van der Waals surface area contributed by atoms with Gasteiger partial charge in [0.15, 0.2) is 0 Å². The van der Waals surface area contributed by atoms with E-state index in [1.165, 1.54) is 0 Å². The molecule has 0 saturated heterocycles. The van der Waals surface area contributed by atoms with Crippen LogP contribution in [0.2, 0.25) is 0 Å². The molecule has 0 atom stereocenters. The van der Waals surface area contributed by atoms with E-state index >= 15 is 0 Å². The van der Waals surface area contributed by atoms with E-state index in [4.69, 9.17) is 0 Å². The van der Waals surface area contributed by atoms with Gasteiger partial charge in [0.1, 0.15) is 0 Å². The normalized spacial score (nSPS) is 8.00. The number of hydrogen-bond acceptors (Lipinski definition) is 3. The number of aromatic amines is 1. The molecule has 0 bridgehead atoms. The van der Waals surface area contributed by atoms with E-state index in [-0.39, 0.29) is 0 Å². The van der Waals surface area contributed by atoms with Crippen molar-refractivity contribution in [3.8, 4) is 0 Å². The Morgan fingerprint density at radius 1 is 0.591 bits per heavy atom. The average Bonchev–Trinajstić information content (AvgIpc) is 3.37. The maximum atomic E-state index is 3.74. The Kier molecular flexibility index (Phi) is 11.6. The molecule has 2 aromatic heterocycles. The highest BCUT2D eigenvalue weighted by Crippen LogP contribution is 1.86. The minimum absolute atomic E-state index is 1.60. The van der Waals surface area contributed by atoms with Gasteiger partial charge in [0.25, 0.3) is 0 Å². The van der Waals surface area contributed by atoms with Gasteiger partial charge in [-0.05, 0) is 6.07 Å². The standard InChI is InChI=1S/2C6H6.C3H4N2.C3H3NS/c2*1-2-4-6-5-3-1;1-2-4-5-3-1;1-2-5-3-4-1/h2*1-6H;1-3H,(H,4,5);1-3H. The van der Waals surface area contributed by atoms with Gasteiger partial charge >= 0.3 is 0 Å². The van der Waals surface area contributed by atoms with Crippen LogP contribution >= 0.6 is 11.3 Å². The first kappa shape index (κ1) is 17.3. The van der Waals surface area contributed by atoms with Crippen LogP contribution in [0.15, 0.2) is 108 Å². The number of aromatic nitrogens is 3. The lowest BCUT2D eigenvalue weighted by molar-refractivity contribution is 1.09. The second-order valence-corrected chi connectivity index (χ2v) is 4.51. The van der Waals surface area contributed by atoms with Crippen molar-refractivity contribution >= 4 is 11.3 Å². The molecule has 4 rings (SSSR count). The SMILES string of the molecule is c1ccccc1.c1ccccc1.c1cn[nH]c1.c1cscn1. The molecule has 2 aromatic carbocycles. The third-order valence-electron chi connectivity index (χ3n) is 2.09. The van der Waals surface area contributed by atoms with Gasteiger partial charge in [-0.3, -0.25) is 10.1 Å². The van der Waals surface area contributed by atoms with Gasteiger partial charge in [0.2, 0.25) is 0 Å². The fourth-order valence-corrected chi connectivity index (χ4v) is 1.51. The summed E-state index contributed by atoms with van der Waals surface area (Å²) < 4.78 is 0. The number of hydrogen-bond donors (Lipinski definition) is 1. The number of H-pyrrole nitrogens is 1. The topological polar surface area (TPSA) is 41.6 Å². The quantitative estimate of drug-likeness (QED) is 0.500. The molecule has 1 N–H and O–H groups in total. The fraction of sp³-hybridized carbons (Fsp3) is 0. The molecule has 0 radical (unpaired) electrons.